The van der Waals surface area contributed by atoms with E-state index in [1.165, 1.54) is 11.5 Å². The van der Waals surface area contributed by atoms with E-state index in [0.29, 0.717) is 11.8 Å². The van der Waals surface area contributed by atoms with Gasteiger partial charge in [0.1, 0.15) is 5.75 Å². The third kappa shape index (κ3) is 1.91. The fourth-order valence-corrected chi connectivity index (χ4v) is 1.89. The number of rotatable bonds is 2. The molecule has 3 heteroatoms. The van der Waals surface area contributed by atoms with Crippen LogP contribution in [0.5, 0.6) is 5.75 Å². The van der Waals surface area contributed by atoms with Crippen LogP contribution in [0.3, 0.4) is 0 Å². The van der Waals surface area contributed by atoms with Crippen LogP contribution >= 0.6 is 11.8 Å². The second-order valence-corrected chi connectivity index (χ2v) is 4.45. The molecule has 0 aromatic heterocycles. The first-order valence-electron chi connectivity index (χ1n) is 4.39. The number of anilines is 1. The van der Waals surface area contributed by atoms with Gasteiger partial charge < -0.3 is 10.4 Å². The highest BCUT2D eigenvalue weighted by atomic mass is 32.2. The largest absolute Gasteiger partial charge is 0.508 e. The molecule has 0 radical (unpaired) electrons. The summed E-state index contributed by atoms with van der Waals surface area (Å²) < 4.78 is 0. The molecule has 1 aromatic carbocycles. The minimum atomic E-state index is 0.372. The molecule has 2 nitrogen and oxygen atoms in total. The van der Waals surface area contributed by atoms with Crippen molar-refractivity contribution in [2.24, 2.45) is 0 Å². The molecule has 2 N–H and O–H groups in total. The lowest BCUT2D eigenvalue weighted by Crippen LogP contribution is -2.33. The molecule has 13 heavy (non-hydrogen) atoms. The minimum absolute atomic E-state index is 0.372. The smallest absolute Gasteiger partial charge is 0.120 e. The van der Waals surface area contributed by atoms with Gasteiger partial charge in [0.05, 0.1) is 0 Å². The molecule has 2 rings (SSSR count). The van der Waals surface area contributed by atoms with E-state index in [1.807, 2.05) is 30.8 Å². The third-order valence-electron chi connectivity index (χ3n) is 2.22. The molecule has 1 aliphatic rings. The van der Waals surface area contributed by atoms with E-state index in [2.05, 4.69) is 5.32 Å². The van der Waals surface area contributed by atoms with E-state index < -0.39 is 0 Å². The second-order valence-electron chi connectivity index (χ2n) is 3.38. The number of phenols is 1. The van der Waals surface area contributed by atoms with Crippen molar-refractivity contribution in [3.8, 4) is 5.75 Å². The van der Waals surface area contributed by atoms with Gasteiger partial charge in [0.2, 0.25) is 0 Å². The molecule has 0 atom stereocenters. The van der Waals surface area contributed by atoms with Gasteiger partial charge in [-0.3, -0.25) is 0 Å². The summed E-state index contributed by atoms with van der Waals surface area (Å²) in [6.45, 7) is 1.90. The number of aryl methyl sites for hydroxylation is 1. The zero-order valence-electron chi connectivity index (χ0n) is 7.58. The quantitative estimate of drug-likeness (QED) is 0.759. The van der Waals surface area contributed by atoms with E-state index in [-0.39, 0.29) is 0 Å². The number of hydrogen-bond donors (Lipinski definition) is 2. The zero-order chi connectivity index (χ0) is 9.26. The summed E-state index contributed by atoms with van der Waals surface area (Å²) in [5.41, 5.74) is 1.95. The Balaban J connectivity index is 2.07. The van der Waals surface area contributed by atoms with Crippen molar-refractivity contribution in [3.05, 3.63) is 23.8 Å². The molecule has 0 amide bonds. The van der Waals surface area contributed by atoms with Gasteiger partial charge >= 0.3 is 0 Å². The van der Waals surface area contributed by atoms with Gasteiger partial charge in [-0.15, -0.1) is 0 Å². The fraction of sp³-hybridized carbons (Fsp3) is 0.400. The van der Waals surface area contributed by atoms with Crippen molar-refractivity contribution >= 4 is 17.4 Å². The molecule has 70 valence electrons. The lowest BCUT2D eigenvalue weighted by atomic mass is 10.2. The molecule has 1 aliphatic heterocycles. The molecular weight excluding hydrogens is 182 g/mol. The minimum Gasteiger partial charge on any atom is -0.508 e. The monoisotopic (exact) mass is 195 g/mol. The van der Waals surface area contributed by atoms with E-state index in [1.54, 1.807) is 6.07 Å². The number of benzene rings is 1. The highest BCUT2D eigenvalue weighted by molar-refractivity contribution is 8.00. The Morgan fingerprint density at radius 3 is 2.77 bits per heavy atom. The molecule has 1 heterocycles. The van der Waals surface area contributed by atoms with Crippen molar-refractivity contribution in [2.75, 3.05) is 16.8 Å². The van der Waals surface area contributed by atoms with Crippen LogP contribution in [-0.2, 0) is 0 Å². The molecular formula is C10H13NOS. The summed E-state index contributed by atoms with van der Waals surface area (Å²) in [5.74, 6) is 2.72. The van der Waals surface area contributed by atoms with Gasteiger partial charge in [0, 0.05) is 29.3 Å². The number of thioether (sulfide) groups is 1. The number of hydrogen-bond acceptors (Lipinski definition) is 3. The fourth-order valence-electron chi connectivity index (χ4n) is 1.25. The van der Waals surface area contributed by atoms with Gasteiger partial charge in [0.15, 0.2) is 0 Å². The standard InChI is InChI=1S/C10H13NOS/c1-7-2-3-8(4-10(7)12)11-9-5-13-6-9/h2-4,9,11-12H,5-6H2,1H3. The maximum atomic E-state index is 9.46. The predicted molar refractivity (Wildman–Crippen MR) is 57.6 cm³/mol. The van der Waals surface area contributed by atoms with E-state index >= 15 is 0 Å². The van der Waals surface area contributed by atoms with Crippen molar-refractivity contribution < 1.29 is 5.11 Å². The molecule has 1 saturated heterocycles. The molecule has 0 bridgehead atoms. The highest BCUT2D eigenvalue weighted by Gasteiger charge is 2.17. The van der Waals surface area contributed by atoms with E-state index in [9.17, 15) is 5.11 Å². The van der Waals surface area contributed by atoms with Crippen LogP contribution in [0.4, 0.5) is 5.69 Å². The van der Waals surface area contributed by atoms with E-state index in [4.69, 9.17) is 0 Å². The van der Waals surface area contributed by atoms with Gasteiger partial charge in [-0.05, 0) is 18.6 Å². The summed E-state index contributed by atoms with van der Waals surface area (Å²) in [7, 11) is 0. The molecule has 0 saturated carbocycles. The van der Waals surface area contributed by atoms with Crippen LogP contribution in [0.2, 0.25) is 0 Å². The first-order valence-corrected chi connectivity index (χ1v) is 5.55. The third-order valence-corrected chi connectivity index (χ3v) is 3.49. The summed E-state index contributed by atoms with van der Waals surface area (Å²) in [5, 5.41) is 12.8. The van der Waals surface area contributed by atoms with Crippen LogP contribution < -0.4 is 5.32 Å². The molecule has 0 unspecified atom stereocenters. The van der Waals surface area contributed by atoms with Crippen molar-refractivity contribution in [1.29, 1.82) is 0 Å². The Morgan fingerprint density at radius 2 is 2.23 bits per heavy atom. The van der Waals surface area contributed by atoms with Gasteiger partial charge in [-0.1, -0.05) is 6.07 Å². The Labute approximate surface area is 82.4 Å². The average molecular weight is 195 g/mol. The molecule has 1 fully saturated rings. The van der Waals surface area contributed by atoms with Gasteiger partial charge in [0.25, 0.3) is 0 Å². The summed E-state index contributed by atoms with van der Waals surface area (Å²) in [4.78, 5) is 0. The average Bonchev–Trinajstić information content (AvgIpc) is 2.04. The van der Waals surface area contributed by atoms with Crippen molar-refractivity contribution in [2.45, 2.75) is 13.0 Å². The topological polar surface area (TPSA) is 32.3 Å². The lowest BCUT2D eigenvalue weighted by molar-refractivity contribution is 0.471. The first kappa shape index (κ1) is 8.75. The summed E-state index contributed by atoms with van der Waals surface area (Å²) in [6, 6.07) is 6.33. The SMILES string of the molecule is Cc1ccc(NC2CSC2)cc1O. The maximum absolute atomic E-state index is 9.46. The van der Waals surface area contributed by atoms with E-state index in [0.717, 1.165) is 11.3 Å². The molecule has 1 aromatic rings. The lowest BCUT2D eigenvalue weighted by Gasteiger charge is -2.27. The molecule has 0 spiro atoms. The van der Waals surface area contributed by atoms with Gasteiger partial charge in [-0.25, -0.2) is 0 Å². The Bertz CT molecular complexity index is 310. The Kier molecular flexibility index (Phi) is 2.36. The number of aromatic hydroxyl groups is 1. The maximum Gasteiger partial charge on any atom is 0.120 e. The van der Waals surface area contributed by atoms with Gasteiger partial charge in [-0.2, -0.15) is 11.8 Å². The zero-order valence-corrected chi connectivity index (χ0v) is 8.40. The molecule has 0 aliphatic carbocycles. The second kappa shape index (κ2) is 3.50. The van der Waals surface area contributed by atoms with Crippen LogP contribution in [0.25, 0.3) is 0 Å². The first-order chi connectivity index (χ1) is 6.25. The summed E-state index contributed by atoms with van der Waals surface area (Å²) in [6.07, 6.45) is 0. The number of phenolic OH excluding ortho intramolecular Hbond substituents is 1. The number of nitrogens with one attached hydrogen (secondary N) is 1. The van der Waals surface area contributed by atoms with Crippen LogP contribution in [0.15, 0.2) is 18.2 Å². The Morgan fingerprint density at radius 1 is 1.46 bits per heavy atom. The normalized spacial score (nSPS) is 16.7. The van der Waals surface area contributed by atoms with Crippen molar-refractivity contribution in [3.63, 3.8) is 0 Å². The highest BCUT2D eigenvalue weighted by Crippen LogP contribution is 2.25. The van der Waals surface area contributed by atoms with Crippen LogP contribution in [0.1, 0.15) is 5.56 Å². The Hall–Kier alpha value is -0.830. The van der Waals surface area contributed by atoms with Crippen molar-refractivity contribution in [1.82, 2.24) is 0 Å². The van der Waals surface area contributed by atoms with Crippen LogP contribution in [-0.4, -0.2) is 22.7 Å². The van der Waals surface area contributed by atoms with Crippen LogP contribution in [0, 0.1) is 6.92 Å². The predicted octanol–water partition coefficient (Wildman–Crippen LogP) is 2.23. The summed E-state index contributed by atoms with van der Waals surface area (Å²) >= 11 is 1.95.